The lowest BCUT2D eigenvalue weighted by Crippen LogP contribution is -2.72. The van der Waals surface area contributed by atoms with Crippen LogP contribution < -0.4 is 0 Å². The van der Waals surface area contributed by atoms with E-state index < -0.39 is 52.9 Å². The summed E-state index contributed by atoms with van der Waals surface area (Å²) >= 11 is 0. The van der Waals surface area contributed by atoms with E-state index in [1.807, 2.05) is 19.1 Å². The minimum atomic E-state index is -1.54. The second kappa shape index (κ2) is 8.77. The molecule has 4 saturated carbocycles. The summed E-state index contributed by atoms with van der Waals surface area (Å²) in [6.07, 6.45) is -0.126. The Kier molecular flexibility index (Phi) is 6.19. The molecule has 7 nitrogen and oxygen atoms in total. The third-order valence-electron chi connectivity index (χ3n) is 10.2. The maximum atomic E-state index is 14.1. The Balaban J connectivity index is 1.66. The van der Waals surface area contributed by atoms with Crippen LogP contribution in [0.15, 0.2) is 36.4 Å². The van der Waals surface area contributed by atoms with Gasteiger partial charge < -0.3 is 19.7 Å². The number of carbonyl (C=O) groups excluding carboxylic acids is 3. The Hall–Kier alpha value is -2.51. The van der Waals surface area contributed by atoms with Crippen molar-refractivity contribution in [1.82, 2.24) is 0 Å². The summed E-state index contributed by atoms with van der Waals surface area (Å²) in [6, 6.07) is 7.09. The molecule has 0 unspecified atom stereocenters. The number of esters is 2. The zero-order chi connectivity index (χ0) is 26.9. The molecule has 0 heterocycles. The monoisotopic (exact) mass is 510 g/mol. The average molecular weight is 511 g/mol. The normalized spacial score (nSPS) is 39.9. The molecule has 0 saturated heterocycles. The molecule has 2 N–H and O–H groups in total. The molecule has 0 radical (unpaired) electrons. The number of rotatable bonds is 4. The molecular formula is C30H38O7. The third kappa shape index (κ3) is 3.57. The van der Waals surface area contributed by atoms with Crippen LogP contribution in [0.2, 0.25) is 0 Å². The lowest BCUT2D eigenvalue weighted by Gasteiger charge is -2.66. The van der Waals surface area contributed by atoms with E-state index in [4.69, 9.17) is 9.47 Å². The van der Waals surface area contributed by atoms with Gasteiger partial charge in [-0.05, 0) is 61.1 Å². The van der Waals surface area contributed by atoms with Gasteiger partial charge in [0.15, 0.2) is 5.78 Å². The molecule has 7 heteroatoms. The summed E-state index contributed by atoms with van der Waals surface area (Å²) < 4.78 is 11.8. The largest absolute Gasteiger partial charge is 0.465 e. The number of hydrogen-bond donors (Lipinski definition) is 2. The van der Waals surface area contributed by atoms with E-state index in [1.165, 1.54) is 6.92 Å². The zero-order valence-electron chi connectivity index (χ0n) is 22.2. The van der Waals surface area contributed by atoms with E-state index in [2.05, 4.69) is 20.4 Å². The van der Waals surface area contributed by atoms with Crippen molar-refractivity contribution in [1.29, 1.82) is 0 Å². The molecule has 37 heavy (non-hydrogen) atoms. The fourth-order valence-corrected chi connectivity index (χ4v) is 8.80. The van der Waals surface area contributed by atoms with Gasteiger partial charge in [-0.2, -0.15) is 0 Å². The smallest absolute Gasteiger partial charge is 0.338 e. The summed E-state index contributed by atoms with van der Waals surface area (Å²) in [5, 5.41) is 23.6. The van der Waals surface area contributed by atoms with Crippen LogP contribution in [0.5, 0.6) is 0 Å². The Bertz CT molecular complexity index is 1150. The molecule has 4 aliphatic carbocycles. The Labute approximate surface area is 218 Å². The van der Waals surface area contributed by atoms with Crippen LogP contribution in [0.1, 0.15) is 68.8 Å². The first-order valence-electron chi connectivity index (χ1n) is 13.4. The van der Waals surface area contributed by atoms with Crippen molar-refractivity contribution in [3.05, 3.63) is 47.5 Å². The van der Waals surface area contributed by atoms with Crippen molar-refractivity contribution in [2.24, 2.45) is 34.0 Å². The quantitative estimate of drug-likeness (QED) is 0.469. The number of carbonyl (C=O) groups is 3. The average Bonchev–Trinajstić information content (AvgIpc) is 2.96. The van der Waals surface area contributed by atoms with E-state index in [0.29, 0.717) is 24.0 Å². The number of ketones is 1. The molecule has 4 fully saturated rings. The molecule has 4 aliphatic rings. The number of benzene rings is 1. The van der Waals surface area contributed by atoms with Crippen LogP contribution in [0.25, 0.3) is 0 Å². The van der Waals surface area contributed by atoms with Crippen molar-refractivity contribution in [2.75, 3.05) is 6.61 Å². The number of ether oxygens (including phenoxy) is 2. The van der Waals surface area contributed by atoms with Gasteiger partial charge in [0.25, 0.3) is 0 Å². The minimum Gasteiger partial charge on any atom is -0.465 e. The SMILES string of the molecule is C=C1C(=O)[C@@]23[C@H](O)C[C@@H]4C(C)(C)CCC[C@@]4(COC(C)=O)[C@@H]2[C@@H](O)C[C@H]1[C@H]3OC(=O)c1ccccc1C. The van der Waals surface area contributed by atoms with E-state index >= 15 is 0 Å². The van der Waals surface area contributed by atoms with E-state index in [0.717, 1.165) is 18.4 Å². The van der Waals surface area contributed by atoms with E-state index in [9.17, 15) is 24.6 Å². The summed E-state index contributed by atoms with van der Waals surface area (Å²) in [4.78, 5) is 39.6. The van der Waals surface area contributed by atoms with Gasteiger partial charge in [0.05, 0.1) is 24.4 Å². The molecule has 0 amide bonds. The van der Waals surface area contributed by atoms with Crippen LogP contribution >= 0.6 is 0 Å². The van der Waals surface area contributed by atoms with Gasteiger partial charge in [-0.3, -0.25) is 9.59 Å². The predicted octanol–water partition coefficient (Wildman–Crippen LogP) is 3.78. The first kappa shape index (κ1) is 26.1. The summed E-state index contributed by atoms with van der Waals surface area (Å²) in [7, 11) is 0. The molecular weight excluding hydrogens is 472 g/mol. The van der Waals surface area contributed by atoms with Crippen LogP contribution in [0, 0.1) is 40.9 Å². The highest BCUT2D eigenvalue weighted by molar-refractivity contribution is 6.05. The van der Waals surface area contributed by atoms with Gasteiger partial charge >= 0.3 is 11.9 Å². The molecule has 1 aromatic rings. The topological polar surface area (TPSA) is 110 Å². The maximum Gasteiger partial charge on any atom is 0.338 e. The van der Waals surface area contributed by atoms with Crippen LogP contribution in [-0.4, -0.2) is 52.9 Å². The number of aliphatic hydroxyl groups excluding tert-OH is 2. The van der Waals surface area contributed by atoms with Crippen LogP contribution in [0.4, 0.5) is 0 Å². The minimum absolute atomic E-state index is 0.0511. The van der Waals surface area contributed by atoms with Crippen molar-refractivity contribution in [3.63, 3.8) is 0 Å². The molecule has 1 aromatic carbocycles. The second-order valence-corrected chi connectivity index (χ2v) is 12.5. The van der Waals surface area contributed by atoms with Crippen molar-refractivity contribution in [2.45, 2.75) is 78.1 Å². The molecule has 0 aliphatic heterocycles. The zero-order valence-corrected chi connectivity index (χ0v) is 22.2. The molecule has 2 bridgehead atoms. The first-order chi connectivity index (χ1) is 17.4. The maximum absolute atomic E-state index is 14.1. The first-order valence-corrected chi connectivity index (χ1v) is 13.4. The van der Waals surface area contributed by atoms with Gasteiger partial charge in [0.1, 0.15) is 11.5 Å². The van der Waals surface area contributed by atoms with Crippen LogP contribution in [0.3, 0.4) is 0 Å². The molecule has 8 atom stereocenters. The molecule has 1 spiro atoms. The van der Waals surface area contributed by atoms with E-state index in [-0.39, 0.29) is 30.1 Å². The second-order valence-electron chi connectivity index (χ2n) is 12.5. The Morgan fingerprint density at radius 1 is 1.14 bits per heavy atom. The number of hydrogen-bond acceptors (Lipinski definition) is 7. The van der Waals surface area contributed by atoms with E-state index in [1.54, 1.807) is 12.1 Å². The number of aryl methyl sites for hydroxylation is 1. The number of Topliss-reactive ketones (excluding diaryl/α,β-unsaturated/α-hetero) is 1. The van der Waals surface area contributed by atoms with Crippen molar-refractivity contribution in [3.8, 4) is 0 Å². The highest BCUT2D eigenvalue weighted by atomic mass is 16.5. The standard InChI is InChI=1S/C30H38O7/c1-16-9-6-7-10-19(16)27(35)37-26-20-13-21(32)24-29(15-36-18(3)31)12-8-11-28(4,5)22(29)14-23(33)30(24,26)25(34)17(20)2/h6-7,9-10,20-24,26,32-33H,2,8,11-15H2,1,3-5H3/t20-,21+,22-,23-,24+,26-,29+,30-/m1/s1. The molecule has 200 valence electrons. The van der Waals surface area contributed by atoms with Crippen molar-refractivity contribution < 1.29 is 34.1 Å². The lowest BCUT2D eigenvalue weighted by molar-refractivity contribution is -0.264. The molecule has 0 aromatic heterocycles. The van der Waals surface area contributed by atoms with Crippen LogP contribution in [-0.2, 0) is 19.1 Å². The predicted molar refractivity (Wildman–Crippen MR) is 135 cm³/mol. The summed E-state index contributed by atoms with van der Waals surface area (Å²) in [5.74, 6) is -2.75. The highest BCUT2D eigenvalue weighted by Gasteiger charge is 2.78. The summed E-state index contributed by atoms with van der Waals surface area (Å²) in [6.45, 7) is 11.6. The van der Waals surface area contributed by atoms with Gasteiger partial charge in [-0.25, -0.2) is 4.79 Å². The van der Waals surface area contributed by atoms with Gasteiger partial charge in [-0.1, -0.05) is 45.0 Å². The third-order valence-corrected chi connectivity index (χ3v) is 10.2. The number of aliphatic hydroxyl groups is 2. The highest BCUT2D eigenvalue weighted by Crippen LogP contribution is 2.71. The van der Waals surface area contributed by atoms with Gasteiger partial charge in [-0.15, -0.1) is 0 Å². The fourth-order valence-electron chi connectivity index (χ4n) is 8.80. The van der Waals surface area contributed by atoms with Gasteiger partial charge in [0, 0.05) is 24.2 Å². The molecule has 5 rings (SSSR count). The van der Waals surface area contributed by atoms with Crippen molar-refractivity contribution >= 4 is 17.7 Å². The summed E-state index contributed by atoms with van der Waals surface area (Å²) in [5.41, 5.74) is -1.05. The fraction of sp³-hybridized carbons (Fsp3) is 0.633. The lowest BCUT2D eigenvalue weighted by atomic mass is 9.39. The Morgan fingerprint density at radius 3 is 2.51 bits per heavy atom. The Morgan fingerprint density at radius 2 is 1.84 bits per heavy atom. The number of fused-ring (bicyclic) bond motifs is 3. The van der Waals surface area contributed by atoms with Gasteiger partial charge in [0.2, 0.25) is 0 Å².